The highest BCUT2D eigenvalue weighted by molar-refractivity contribution is 6.07. The van der Waals surface area contributed by atoms with E-state index in [1.165, 1.54) is 12.1 Å². The Kier molecular flexibility index (Phi) is 8.06. The number of urea groups is 1. The van der Waals surface area contributed by atoms with Crippen LogP contribution >= 0.6 is 0 Å². The number of hydrogen-bond acceptors (Lipinski definition) is 5. The quantitative estimate of drug-likeness (QED) is 0.521. The van der Waals surface area contributed by atoms with Gasteiger partial charge in [0.1, 0.15) is 5.82 Å². The summed E-state index contributed by atoms with van der Waals surface area (Å²) in [5.41, 5.74) is -1.97. The summed E-state index contributed by atoms with van der Waals surface area (Å²) < 4.78 is 56.9. The van der Waals surface area contributed by atoms with Gasteiger partial charge in [0.2, 0.25) is 5.56 Å². The third kappa shape index (κ3) is 5.87. The number of nitrogens with zero attached hydrogens (tertiary/aromatic N) is 4. The summed E-state index contributed by atoms with van der Waals surface area (Å²) in [7, 11) is 1.98. The summed E-state index contributed by atoms with van der Waals surface area (Å²) in [4.78, 5) is 47.4. The molecule has 42 heavy (non-hydrogen) atoms. The predicted molar refractivity (Wildman–Crippen MR) is 151 cm³/mol. The van der Waals surface area contributed by atoms with Gasteiger partial charge < -0.3 is 25.0 Å². The molecule has 2 atom stereocenters. The summed E-state index contributed by atoms with van der Waals surface area (Å²) in [6.07, 6.45) is -0.588. The number of piperazine rings is 1. The van der Waals surface area contributed by atoms with E-state index in [9.17, 15) is 27.6 Å². The van der Waals surface area contributed by atoms with Crippen molar-refractivity contribution in [1.82, 2.24) is 19.7 Å². The van der Waals surface area contributed by atoms with Crippen LogP contribution in [0.1, 0.15) is 48.2 Å². The van der Waals surface area contributed by atoms with Gasteiger partial charge in [-0.1, -0.05) is 6.08 Å². The lowest BCUT2D eigenvalue weighted by Gasteiger charge is -2.44. The van der Waals surface area contributed by atoms with Crippen LogP contribution in [0.15, 0.2) is 35.3 Å². The summed E-state index contributed by atoms with van der Waals surface area (Å²) in [6.45, 7) is 6.83. The number of carbonyl (C=O) groups is 2. The largest absolute Gasteiger partial charge is 0.417 e. The van der Waals surface area contributed by atoms with E-state index in [0.29, 0.717) is 50.1 Å². The first-order valence-corrected chi connectivity index (χ1v) is 14.0. The van der Waals surface area contributed by atoms with Crippen LogP contribution in [0.5, 0.6) is 0 Å². The Bertz CT molecular complexity index is 1450. The molecule has 2 unspecified atom stereocenters. The van der Waals surface area contributed by atoms with Crippen LogP contribution in [0.25, 0.3) is 5.57 Å². The summed E-state index contributed by atoms with van der Waals surface area (Å²) >= 11 is 0. The minimum Gasteiger partial charge on any atom is -0.367 e. The number of aromatic nitrogens is 1. The van der Waals surface area contributed by atoms with Gasteiger partial charge in [-0.3, -0.25) is 14.5 Å². The molecule has 13 heteroatoms. The molecule has 0 bridgehead atoms. The second kappa shape index (κ2) is 11.4. The molecule has 2 fully saturated rings. The number of amides is 3. The first kappa shape index (κ1) is 29.6. The Morgan fingerprint density at radius 3 is 2.33 bits per heavy atom. The number of anilines is 2. The normalized spacial score (nSPS) is 21.6. The van der Waals surface area contributed by atoms with Crippen molar-refractivity contribution in [2.75, 3.05) is 56.5 Å². The monoisotopic (exact) mass is 590 g/mol. The molecule has 0 radical (unpaired) electrons. The summed E-state index contributed by atoms with van der Waals surface area (Å²) in [5.74, 6) is -1.66. The Balaban J connectivity index is 1.50. The van der Waals surface area contributed by atoms with Crippen molar-refractivity contribution in [1.29, 1.82) is 0 Å². The number of carbonyl (C=O) groups excluding carboxylic acids is 2. The molecule has 4 heterocycles. The minimum absolute atomic E-state index is 0.0822. The number of aromatic amines is 1. The smallest absolute Gasteiger partial charge is 0.367 e. The number of likely N-dealkylation sites (N-methyl/N-ethyl adjacent to an activating group) is 1. The minimum atomic E-state index is -4.94. The average Bonchev–Trinajstić information content (AvgIpc) is 3.64. The topological polar surface area (TPSA) is 92.0 Å². The zero-order valence-electron chi connectivity index (χ0n) is 23.7. The van der Waals surface area contributed by atoms with Crippen LogP contribution < -0.4 is 15.8 Å². The number of halogens is 4. The van der Waals surface area contributed by atoms with E-state index in [4.69, 9.17) is 0 Å². The van der Waals surface area contributed by atoms with E-state index in [-0.39, 0.29) is 35.9 Å². The SMILES string of the molecule is CC1CN(c2cc(F)c(C3=CCN(C(=O)N4CCCC4)C3)cc2NC(=O)c2c[nH]c(=O)cc2C(F)(F)F)CC(C)N1C. The number of nitrogens with one attached hydrogen (secondary N) is 2. The first-order chi connectivity index (χ1) is 19.8. The van der Waals surface area contributed by atoms with Gasteiger partial charge in [-0.05, 0) is 51.4 Å². The number of pyridine rings is 1. The molecular weight excluding hydrogens is 556 g/mol. The van der Waals surface area contributed by atoms with Crippen molar-refractivity contribution >= 4 is 28.9 Å². The fourth-order valence-corrected chi connectivity index (χ4v) is 5.86. The van der Waals surface area contributed by atoms with E-state index in [2.05, 4.69) is 15.2 Å². The number of rotatable bonds is 4. The van der Waals surface area contributed by atoms with Crippen molar-refractivity contribution in [3.05, 3.63) is 63.3 Å². The Morgan fingerprint density at radius 2 is 1.69 bits per heavy atom. The molecule has 0 aliphatic carbocycles. The molecule has 226 valence electrons. The van der Waals surface area contributed by atoms with E-state index in [1.807, 2.05) is 25.8 Å². The van der Waals surface area contributed by atoms with Gasteiger partial charge in [-0.2, -0.15) is 13.2 Å². The van der Waals surface area contributed by atoms with Crippen molar-refractivity contribution in [2.45, 2.75) is 44.9 Å². The van der Waals surface area contributed by atoms with Crippen molar-refractivity contribution < 1.29 is 27.2 Å². The zero-order chi connectivity index (χ0) is 30.3. The molecule has 1 aromatic carbocycles. The van der Waals surface area contributed by atoms with Crippen LogP contribution in [-0.4, -0.2) is 90.0 Å². The Hall–Kier alpha value is -3.87. The standard InChI is InChI=1S/C29H34F4N6O3/c1-17-14-39(15-18(2)36(17)3)25-12-23(30)20(19-6-9-38(16-19)28(42)37-7-4-5-8-37)10-24(25)35-27(41)21-13-34-26(40)11-22(21)29(31,32)33/h6,10-13,17-18H,4-5,7-9,14-16H2,1-3H3,(H,34,40)(H,35,41). The molecule has 0 spiro atoms. The van der Waals surface area contributed by atoms with Gasteiger partial charge in [0.15, 0.2) is 0 Å². The number of benzene rings is 1. The highest BCUT2D eigenvalue weighted by atomic mass is 19.4. The molecule has 2 saturated heterocycles. The van der Waals surface area contributed by atoms with Gasteiger partial charge in [0.25, 0.3) is 5.91 Å². The maximum Gasteiger partial charge on any atom is 0.417 e. The number of H-pyrrole nitrogens is 1. The van der Waals surface area contributed by atoms with Gasteiger partial charge in [-0.25, -0.2) is 9.18 Å². The lowest BCUT2D eigenvalue weighted by atomic mass is 10.0. The van der Waals surface area contributed by atoms with E-state index in [0.717, 1.165) is 19.0 Å². The number of likely N-dealkylation sites (tertiary alicyclic amines) is 1. The van der Waals surface area contributed by atoms with Crippen LogP contribution in [0, 0.1) is 5.82 Å². The molecule has 3 amide bonds. The highest BCUT2D eigenvalue weighted by Crippen LogP contribution is 2.37. The zero-order valence-corrected chi connectivity index (χ0v) is 23.7. The molecule has 2 aromatic rings. The van der Waals surface area contributed by atoms with E-state index >= 15 is 4.39 Å². The molecule has 5 rings (SSSR count). The van der Waals surface area contributed by atoms with E-state index in [1.54, 1.807) is 15.9 Å². The van der Waals surface area contributed by atoms with Gasteiger partial charge in [0.05, 0.1) is 22.5 Å². The first-order valence-electron chi connectivity index (χ1n) is 14.0. The fourth-order valence-electron chi connectivity index (χ4n) is 5.86. The molecule has 1 aromatic heterocycles. The molecule has 2 N–H and O–H groups in total. The number of alkyl halides is 3. The lowest BCUT2D eigenvalue weighted by Crippen LogP contribution is -2.55. The molecular formula is C29H34F4N6O3. The van der Waals surface area contributed by atoms with Crippen LogP contribution in [0.4, 0.5) is 33.7 Å². The van der Waals surface area contributed by atoms with Gasteiger partial charge in [-0.15, -0.1) is 0 Å². The Morgan fingerprint density at radius 1 is 1.02 bits per heavy atom. The van der Waals surface area contributed by atoms with Crippen LogP contribution in [0.2, 0.25) is 0 Å². The summed E-state index contributed by atoms with van der Waals surface area (Å²) in [5, 5.41) is 2.57. The van der Waals surface area contributed by atoms with Gasteiger partial charge >= 0.3 is 12.2 Å². The molecule has 0 saturated carbocycles. The number of hydrogen-bond donors (Lipinski definition) is 2. The summed E-state index contributed by atoms with van der Waals surface area (Å²) in [6, 6.07) is 3.09. The second-order valence-corrected chi connectivity index (χ2v) is 11.3. The van der Waals surface area contributed by atoms with Crippen molar-refractivity contribution in [3.63, 3.8) is 0 Å². The predicted octanol–water partition coefficient (Wildman–Crippen LogP) is 4.23. The van der Waals surface area contributed by atoms with Gasteiger partial charge in [0, 0.05) is 69.2 Å². The average molecular weight is 591 g/mol. The third-order valence-corrected chi connectivity index (χ3v) is 8.42. The maximum atomic E-state index is 15.8. The van der Waals surface area contributed by atoms with Crippen molar-refractivity contribution in [3.8, 4) is 0 Å². The highest BCUT2D eigenvalue weighted by Gasteiger charge is 2.37. The van der Waals surface area contributed by atoms with Crippen LogP contribution in [-0.2, 0) is 6.18 Å². The van der Waals surface area contributed by atoms with Crippen LogP contribution in [0.3, 0.4) is 0 Å². The molecule has 9 nitrogen and oxygen atoms in total. The maximum absolute atomic E-state index is 15.8. The van der Waals surface area contributed by atoms with Crippen molar-refractivity contribution in [2.24, 2.45) is 0 Å². The molecule has 3 aliphatic rings. The lowest BCUT2D eigenvalue weighted by molar-refractivity contribution is -0.138. The second-order valence-electron chi connectivity index (χ2n) is 11.3. The Labute approximate surface area is 240 Å². The van der Waals surface area contributed by atoms with E-state index < -0.39 is 34.6 Å². The molecule has 3 aliphatic heterocycles. The fraction of sp³-hybridized carbons (Fsp3) is 0.483. The third-order valence-electron chi connectivity index (χ3n) is 8.42.